The van der Waals surface area contributed by atoms with E-state index in [0.29, 0.717) is 19.6 Å². The van der Waals surface area contributed by atoms with Crippen LogP contribution in [0.3, 0.4) is 0 Å². The van der Waals surface area contributed by atoms with Gasteiger partial charge in [0.05, 0.1) is 29.0 Å². The van der Waals surface area contributed by atoms with E-state index >= 15 is 0 Å². The molecule has 1 heterocycles. The van der Waals surface area contributed by atoms with Crippen molar-refractivity contribution in [3.63, 3.8) is 0 Å². The third kappa shape index (κ3) is 3.45. The lowest BCUT2D eigenvalue weighted by Gasteiger charge is -2.24. The van der Waals surface area contributed by atoms with Crippen LogP contribution in [-0.2, 0) is 10.9 Å². The van der Waals surface area contributed by atoms with Crippen molar-refractivity contribution in [2.75, 3.05) is 18.6 Å². The van der Waals surface area contributed by atoms with Crippen LogP contribution in [0.2, 0.25) is 0 Å². The molecule has 1 aliphatic rings. The Morgan fingerprint density at radius 1 is 1.43 bits per heavy atom. The predicted molar refractivity (Wildman–Crippen MR) is 70.6 cm³/mol. The standard InChI is InChI=1S/C13H16F3N3O2/c1-12(4-5-21-7-12)18-11(20)9-6-8(13(14,15)16)2-3-10(9)19-17/h2-3,6,19H,4-5,7,17H2,1H3,(H,18,20). The van der Waals surface area contributed by atoms with Gasteiger partial charge in [0.2, 0.25) is 0 Å². The second-order valence-electron chi connectivity index (χ2n) is 5.22. The van der Waals surface area contributed by atoms with Gasteiger partial charge in [-0.3, -0.25) is 10.6 Å². The number of rotatable bonds is 3. The third-order valence-corrected chi connectivity index (χ3v) is 3.38. The number of nitrogens with one attached hydrogen (secondary N) is 2. The van der Waals surface area contributed by atoms with Crippen molar-refractivity contribution in [2.45, 2.75) is 25.1 Å². The summed E-state index contributed by atoms with van der Waals surface area (Å²) in [4.78, 5) is 12.2. The van der Waals surface area contributed by atoms with Gasteiger partial charge < -0.3 is 15.5 Å². The molecule has 1 aliphatic heterocycles. The van der Waals surface area contributed by atoms with Crippen LogP contribution in [0.4, 0.5) is 18.9 Å². The molecule has 0 bridgehead atoms. The van der Waals surface area contributed by atoms with E-state index in [2.05, 4.69) is 10.7 Å². The van der Waals surface area contributed by atoms with Crippen molar-refractivity contribution in [1.82, 2.24) is 5.32 Å². The Kier molecular flexibility index (Phi) is 4.11. The lowest BCUT2D eigenvalue weighted by atomic mass is 10.00. The lowest BCUT2D eigenvalue weighted by Crippen LogP contribution is -2.46. The SMILES string of the molecule is CC1(NC(=O)c2cc(C(F)(F)F)ccc2NN)CCOC1. The Morgan fingerprint density at radius 2 is 2.14 bits per heavy atom. The van der Waals surface area contributed by atoms with E-state index in [0.717, 1.165) is 18.2 Å². The van der Waals surface area contributed by atoms with Gasteiger partial charge in [0.1, 0.15) is 0 Å². The van der Waals surface area contributed by atoms with Gasteiger partial charge in [0.15, 0.2) is 0 Å². The van der Waals surface area contributed by atoms with Crippen molar-refractivity contribution >= 4 is 11.6 Å². The van der Waals surface area contributed by atoms with Crippen LogP contribution in [0.5, 0.6) is 0 Å². The van der Waals surface area contributed by atoms with Gasteiger partial charge in [-0.2, -0.15) is 13.2 Å². The van der Waals surface area contributed by atoms with E-state index in [4.69, 9.17) is 10.6 Å². The minimum Gasteiger partial charge on any atom is -0.379 e. The Hall–Kier alpha value is -1.80. The maximum atomic E-state index is 12.7. The first-order valence-electron chi connectivity index (χ1n) is 6.33. The van der Waals surface area contributed by atoms with Gasteiger partial charge in [-0.25, -0.2) is 0 Å². The number of nitrogens with two attached hydrogens (primary N) is 1. The summed E-state index contributed by atoms with van der Waals surface area (Å²) >= 11 is 0. The number of hydrogen-bond donors (Lipinski definition) is 3. The molecular weight excluding hydrogens is 287 g/mol. The van der Waals surface area contributed by atoms with Crippen molar-refractivity contribution in [3.05, 3.63) is 29.3 Å². The fraction of sp³-hybridized carbons (Fsp3) is 0.462. The first-order chi connectivity index (χ1) is 9.75. The highest BCUT2D eigenvalue weighted by molar-refractivity contribution is 6.00. The summed E-state index contributed by atoms with van der Waals surface area (Å²) in [6.07, 6.45) is -3.92. The van der Waals surface area contributed by atoms with Crippen LogP contribution >= 0.6 is 0 Å². The highest BCUT2D eigenvalue weighted by atomic mass is 19.4. The topological polar surface area (TPSA) is 76.4 Å². The second kappa shape index (κ2) is 5.53. The molecule has 21 heavy (non-hydrogen) atoms. The fourth-order valence-electron chi connectivity index (χ4n) is 2.14. The number of carbonyl (C=O) groups excluding carboxylic acids is 1. The van der Waals surface area contributed by atoms with Gasteiger partial charge in [-0.1, -0.05) is 0 Å². The molecule has 1 atom stereocenters. The number of nitrogen functional groups attached to an aromatic ring is 1. The molecule has 0 radical (unpaired) electrons. The average Bonchev–Trinajstić information content (AvgIpc) is 2.83. The lowest BCUT2D eigenvalue weighted by molar-refractivity contribution is -0.137. The maximum Gasteiger partial charge on any atom is 0.416 e. The maximum absolute atomic E-state index is 12.7. The molecule has 1 aromatic rings. The molecule has 0 aromatic heterocycles. The molecule has 1 amide bonds. The van der Waals surface area contributed by atoms with Crippen molar-refractivity contribution in [1.29, 1.82) is 0 Å². The van der Waals surface area contributed by atoms with E-state index < -0.39 is 23.2 Å². The highest BCUT2D eigenvalue weighted by Crippen LogP contribution is 2.32. The van der Waals surface area contributed by atoms with E-state index in [1.54, 1.807) is 6.92 Å². The van der Waals surface area contributed by atoms with Gasteiger partial charge in [-0.15, -0.1) is 0 Å². The van der Waals surface area contributed by atoms with Gasteiger partial charge in [0.25, 0.3) is 5.91 Å². The summed E-state index contributed by atoms with van der Waals surface area (Å²) in [5.41, 5.74) is 0.719. The predicted octanol–water partition coefficient (Wildman–Crippen LogP) is 1.90. The van der Waals surface area contributed by atoms with Crippen LogP contribution in [-0.4, -0.2) is 24.7 Å². The van der Waals surface area contributed by atoms with Crippen LogP contribution in [0, 0.1) is 0 Å². The summed E-state index contributed by atoms with van der Waals surface area (Å²) < 4.78 is 43.4. The Morgan fingerprint density at radius 3 is 2.67 bits per heavy atom. The van der Waals surface area contributed by atoms with Crippen LogP contribution < -0.4 is 16.6 Å². The fourth-order valence-corrected chi connectivity index (χ4v) is 2.14. The zero-order chi connectivity index (χ0) is 15.7. The summed E-state index contributed by atoms with van der Waals surface area (Å²) in [7, 11) is 0. The van der Waals surface area contributed by atoms with Crippen molar-refractivity contribution < 1.29 is 22.7 Å². The Labute approximate surface area is 119 Å². The van der Waals surface area contributed by atoms with Crippen molar-refractivity contribution in [2.24, 2.45) is 5.84 Å². The molecule has 4 N–H and O–H groups in total. The molecule has 8 heteroatoms. The largest absolute Gasteiger partial charge is 0.416 e. The normalized spacial score (nSPS) is 22.1. The molecule has 1 aromatic carbocycles. The summed E-state index contributed by atoms with van der Waals surface area (Å²) in [6, 6.07) is 2.78. The molecule has 0 saturated carbocycles. The third-order valence-electron chi connectivity index (χ3n) is 3.38. The number of halogens is 3. The number of hydrazine groups is 1. The second-order valence-corrected chi connectivity index (χ2v) is 5.22. The minimum absolute atomic E-state index is 0.128. The van der Waals surface area contributed by atoms with Gasteiger partial charge in [-0.05, 0) is 31.5 Å². The smallest absolute Gasteiger partial charge is 0.379 e. The number of benzene rings is 1. The monoisotopic (exact) mass is 303 g/mol. The van der Waals surface area contributed by atoms with Crippen molar-refractivity contribution in [3.8, 4) is 0 Å². The number of anilines is 1. The van der Waals surface area contributed by atoms with Gasteiger partial charge in [0, 0.05) is 6.61 Å². The number of hydrogen-bond acceptors (Lipinski definition) is 4. The van der Waals surface area contributed by atoms with Crippen LogP contribution in [0.15, 0.2) is 18.2 Å². The molecule has 5 nitrogen and oxygen atoms in total. The number of amides is 1. The molecule has 1 saturated heterocycles. The first-order valence-corrected chi connectivity index (χ1v) is 6.33. The number of carbonyl (C=O) groups is 1. The quantitative estimate of drug-likeness (QED) is 0.589. The zero-order valence-corrected chi connectivity index (χ0v) is 11.4. The Bertz CT molecular complexity index is 540. The van der Waals surface area contributed by atoms with E-state index in [9.17, 15) is 18.0 Å². The molecule has 0 aliphatic carbocycles. The Balaban J connectivity index is 2.30. The summed E-state index contributed by atoms with van der Waals surface area (Å²) in [5.74, 6) is 4.63. The molecule has 116 valence electrons. The van der Waals surface area contributed by atoms with Crippen LogP contribution in [0.25, 0.3) is 0 Å². The average molecular weight is 303 g/mol. The van der Waals surface area contributed by atoms with Gasteiger partial charge >= 0.3 is 6.18 Å². The minimum atomic E-state index is -4.53. The summed E-state index contributed by atoms with van der Waals surface area (Å²) in [6.45, 7) is 2.60. The summed E-state index contributed by atoms with van der Waals surface area (Å²) in [5, 5.41) is 2.70. The molecule has 1 fully saturated rings. The highest BCUT2D eigenvalue weighted by Gasteiger charge is 2.34. The first kappa shape index (κ1) is 15.6. The molecular formula is C13H16F3N3O2. The zero-order valence-electron chi connectivity index (χ0n) is 11.4. The van der Waals surface area contributed by atoms with Crippen LogP contribution in [0.1, 0.15) is 29.3 Å². The molecule has 2 rings (SSSR count). The number of alkyl halides is 3. The molecule has 1 unspecified atom stereocenters. The molecule has 0 spiro atoms. The van der Waals surface area contributed by atoms with E-state index in [1.165, 1.54) is 0 Å². The number of ether oxygens (including phenoxy) is 1. The van der Waals surface area contributed by atoms with E-state index in [-0.39, 0.29) is 11.3 Å². The van der Waals surface area contributed by atoms with E-state index in [1.807, 2.05) is 0 Å².